The van der Waals surface area contributed by atoms with E-state index in [4.69, 9.17) is 0 Å². The Bertz CT molecular complexity index is 776. The highest BCUT2D eigenvalue weighted by Gasteiger charge is 2.41. The molecule has 2 aliphatic rings. The predicted molar refractivity (Wildman–Crippen MR) is 82.6 cm³/mol. The van der Waals surface area contributed by atoms with Gasteiger partial charge in [0.25, 0.3) is 0 Å². The third-order valence-electron chi connectivity index (χ3n) is 4.71. The van der Waals surface area contributed by atoms with Crippen molar-refractivity contribution in [2.45, 2.75) is 4.90 Å². The fraction of sp³-hybridized carbons (Fsp3) is 0.375. The molecule has 4 rings (SSSR count). The summed E-state index contributed by atoms with van der Waals surface area (Å²) in [6.07, 6.45) is 0. The zero-order chi connectivity index (χ0) is 14.4. The first kappa shape index (κ1) is 13.2. The molecule has 1 N–H and O–H groups in total. The minimum Gasteiger partial charge on any atom is -0.316 e. The van der Waals surface area contributed by atoms with Gasteiger partial charge in [-0.1, -0.05) is 30.3 Å². The molecule has 0 spiro atoms. The lowest BCUT2D eigenvalue weighted by Gasteiger charge is -2.17. The molecule has 0 aromatic heterocycles. The van der Waals surface area contributed by atoms with E-state index in [2.05, 4.69) is 5.32 Å². The van der Waals surface area contributed by atoms with E-state index in [1.54, 1.807) is 16.4 Å². The monoisotopic (exact) mass is 302 g/mol. The van der Waals surface area contributed by atoms with Crippen LogP contribution in [0.2, 0.25) is 0 Å². The Balaban J connectivity index is 1.70. The van der Waals surface area contributed by atoms with E-state index in [1.807, 2.05) is 30.3 Å². The average Bonchev–Trinajstić information content (AvgIpc) is 3.08. The van der Waals surface area contributed by atoms with Gasteiger partial charge < -0.3 is 5.32 Å². The first-order valence-electron chi connectivity index (χ1n) is 7.34. The first-order chi connectivity index (χ1) is 10.1. The van der Waals surface area contributed by atoms with Gasteiger partial charge in [0.2, 0.25) is 10.0 Å². The summed E-state index contributed by atoms with van der Waals surface area (Å²) in [6, 6.07) is 13.3. The SMILES string of the molecule is O=S(=O)(c1ccc2ccccc2c1)N1CC2CNCC2C1. The summed E-state index contributed by atoms with van der Waals surface area (Å²) in [5, 5.41) is 5.38. The number of sulfonamides is 1. The molecular weight excluding hydrogens is 284 g/mol. The number of nitrogens with one attached hydrogen (secondary N) is 1. The van der Waals surface area contributed by atoms with Gasteiger partial charge >= 0.3 is 0 Å². The highest BCUT2D eigenvalue weighted by atomic mass is 32.2. The van der Waals surface area contributed by atoms with Gasteiger partial charge in [0.15, 0.2) is 0 Å². The van der Waals surface area contributed by atoms with Crippen molar-refractivity contribution in [1.29, 1.82) is 0 Å². The minimum atomic E-state index is -3.37. The maximum absolute atomic E-state index is 12.8. The molecular formula is C16H18N2O2S. The van der Waals surface area contributed by atoms with Crippen molar-refractivity contribution in [2.75, 3.05) is 26.2 Å². The van der Waals surface area contributed by atoms with Crippen LogP contribution in [0.15, 0.2) is 47.4 Å². The second kappa shape index (κ2) is 4.80. The van der Waals surface area contributed by atoms with Crippen LogP contribution in [0.1, 0.15) is 0 Å². The van der Waals surface area contributed by atoms with Crippen molar-refractivity contribution in [3.05, 3.63) is 42.5 Å². The molecule has 2 heterocycles. The molecule has 110 valence electrons. The number of hydrogen-bond donors (Lipinski definition) is 1. The number of hydrogen-bond acceptors (Lipinski definition) is 3. The molecule has 2 unspecified atom stereocenters. The lowest BCUT2D eigenvalue weighted by atomic mass is 10.0. The molecule has 2 aromatic carbocycles. The topological polar surface area (TPSA) is 49.4 Å². The molecule has 0 aliphatic carbocycles. The molecule has 4 nitrogen and oxygen atoms in total. The molecule has 2 fully saturated rings. The van der Waals surface area contributed by atoms with Crippen LogP contribution in [0.3, 0.4) is 0 Å². The number of fused-ring (bicyclic) bond motifs is 2. The van der Waals surface area contributed by atoms with E-state index in [9.17, 15) is 8.42 Å². The maximum Gasteiger partial charge on any atom is 0.243 e. The standard InChI is InChI=1S/C16H18N2O2S/c19-21(20,18-10-14-8-17-9-15(14)11-18)16-6-5-12-3-1-2-4-13(12)7-16/h1-7,14-15,17H,8-11H2. The molecule has 2 aliphatic heterocycles. The molecule has 0 amide bonds. The van der Waals surface area contributed by atoms with E-state index < -0.39 is 10.0 Å². The van der Waals surface area contributed by atoms with Crippen molar-refractivity contribution >= 4 is 20.8 Å². The van der Waals surface area contributed by atoms with Crippen LogP contribution < -0.4 is 5.32 Å². The summed E-state index contributed by atoms with van der Waals surface area (Å²) in [5.74, 6) is 0.945. The van der Waals surface area contributed by atoms with E-state index in [0.717, 1.165) is 23.9 Å². The van der Waals surface area contributed by atoms with Gasteiger partial charge in [-0.2, -0.15) is 4.31 Å². The quantitative estimate of drug-likeness (QED) is 0.918. The van der Waals surface area contributed by atoms with Gasteiger partial charge in [0, 0.05) is 13.1 Å². The van der Waals surface area contributed by atoms with Gasteiger partial charge in [0.1, 0.15) is 0 Å². The van der Waals surface area contributed by atoms with Gasteiger partial charge in [-0.15, -0.1) is 0 Å². The molecule has 2 saturated heterocycles. The van der Waals surface area contributed by atoms with Crippen LogP contribution in [-0.4, -0.2) is 38.9 Å². The number of rotatable bonds is 2. The Morgan fingerprint density at radius 2 is 1.62 bits per heavy atom. The Morgan fingerprint density at radius 3 is 2.33 bits per heavy atom. The van der Waals surface area contributed by atoms with E-state index in [0.29, 0.717) is 29.8 Å². The summed E-state index contributed by atoms with van der Waals surface area (Å²) < 4.78 is 27.3. The second-order valence-corrected chi connectivity index (χ2v) is 7.95. The molecule has 2 atom stereocenters. The van der Waals surface area contributed by atoms with Crippen LogP contribution in [0.5, 0.6) is 0 Å². The third kappa shape index (κ3) is 2.16. The summed E-state index contributed by atoms with van der Waals surface area (Å²) in [6.45, 7) is 3.17. The Hall–Kier alpha value is -1.43. The van der Waals surface area contributed by atoms with Gasteiger partial charge in [0.05, 0.1) is 4.90 Å². The first-order valence-corrected chi connectivity index (χ1v) is 8.78. The van der Waals surface area contributed by atoms with E-state index in [-0.39, 0.29) is 0 Å². The maximum atomic E-state index is 12.8. The summed E-state index contributed by atoms with van der Waals surface area (Å²) in [7, 11) is -3.37. The highest BCUT2D eigenvalue weighted by Crippen LogP contribution is 2.31. The lowest BCUT2D eigenvalue weighted by molar-refractivity contribution is 0.448. The highest BCUT2D eigenvalue weighted by molar-refractivity contribution is 7.89. The zero-order valence-corrected chi connectivity index (χ0v) is 12.5. The van der Waals surface area contributed by atoms with Crippen LogP contribution in [0.4, 0.5) is 0 Å². The Labute approximate surface area is 124 Å². The third-order valence-corrected chi connectivity index (χ3v) is 6.54. The molecule has 2 aromatic rings. The van der Waals surface area contributed by atoms with E-state index >= 15 is 0 Å². The van der Waals surface area contributed by atoms with Crippen molar-refractivity contribution in [3.8, 4) is 0 Å². The fourth-order valence-corrected chi connectivity index (χ4v) is 5.08. The normalized spacial score (nSPS) is 26.3. The summed E-state index contributed by atoms with van der Waals surface area (Å²) >= 11 is 0. The second-order valence-electron chi connectivity index (χ2n) is 6.01. The Morgan fingerprint density at radius 1 is 0.952 bits per heavy atom. The van der Waals surface area contributed by atoms with E-state index in [1.165, 1.54) is 0 Å². The summed E-state index contributed by atoms with van der Waals surface area (Å²) in [4.78, 5) is 0.411. The van der Waals surface area contributed by atoms with Gasteiger partial charge in [-0.05, 0) is 47.8 Å². The van der Waals surface area contributed by atoms with Crippen LogP contribution in [-0.2, 0) is 10.0 Å². The summed E-state index contributed by atoms with van der Waals surface area (Å²) in [5.41, 5.74) is 0. The molecule has 0 saturated carbocycles. The van der Waals surface area contributed by atoms with Crippen molar-refractivity contribution in [3.63, 3.8) is 0 Å². The lowest BCUT2D eigenvalue weighted by Crippen LogP contribution is -2.31. The fourth-order valence-electron chi connectivity index (χ4n) is 3.49. The smallest absolute Gasteiger partial charge is 0.243 e. The van der Waals surface area contributed by atoms with Crippen molar-refractivity contribution < 1.29 is 8.42 Å². The number of benzene rings is 2. The van der Waals surface area contributed by atoms with Gasteiger partial charge in [-0.3, -0.25) is 0 Å². The van der Waals surface area contributed by atoms with Crippen molar-refractivity contribution in [1.82, 2.24) is 9.62 Å². The van der Waals surface area contributed by atoms with Crippen molar-refractivity contribution in [2.24, 2.45) is 11.8 Å². The average molecular weight is 302 g/mol. The minimum absolute atomic E-state index is 0.411. The Kier molecular flexibility index (Phi) is 3.03. The van der Waals surface area contributed by atoms with Gasteiger partial charge in [-0.25, -0.2) is 8.42 Å². The molecule has 5 heteroatoms. The largest absolute Gasteiger partial charge is 0.316 e. The number of nitrogens with zero attached hydrogens (tertiary/aromatic N) is 1. The predicted octanol–water partition coefficient (Wildman–Crippen LogP) is 1.68. The van der Waals surface area contributed by atoms with Crippen LogP contribution >= 0.6 is 0 Å². The molecule has 0 radical (unpaired) electrons. The molecule has 0 bridgehead atoms. The zero-order valence-electron chi connectivity index (χ0n) is 11.7. The molecule has 21 heavy (non-hydrogen) atoms. The van der Waals surface area contributed by atoms with Crippen LogP contribution in [0.25, 0.3) is 10.8 Å². The van der Waals surface area contributed by atoms with Crippen LogP contribution in [0, 0.1) is 11.8 Å².